The van der Waals surface area contributed by atoms with Crippen molar-refractivity contribution in [2.45, 2.75) is 0 Å². The average Bonchev–Trinajstić information content (AvgIpc) is 3.21. The van der Waals surface area contributed by atoms with Crippen LogP contribution in [-0.2, 0) is 0 Å². The lowest BCUT2D eigenvalue weighted by Crippen LogP contribution is -2.03. The summed E-state index contributed by atoms with van der Waals surface area (Å²) in [6.07, 6.45) is 0. The number of aromatic nitrogens is 4. The van der Waals surface area contributed by atoms with Gasteiger partial charge in [-0.25, -0.2) is 19.9 Å². The van der Waals surface area contributed by atoms with E-state index in [9.17, 15) is 4.79 Å². The number of anilines is 4. The Kier molecular flexibility index (Phi) is 8.65. The zero-order valence-electron chi connectivity index (χ0n) is 28.4. The van der Waals surface area contributed by atoms with Crippen molar-refractivity contribution in [3.05, 3.63) is 157 Å². The van der Waals surface area contributed by atoms with E-state index >= 15 is 0 Å². The minimum Gasteiger partial charge on any atom is -0.497 e. The summed E-state index contributed by atoms with van der Waals surface area (Å²) in [7, 11) is 3.28. The van der Waals surface area contributed by atoms with Gasteiger partial charge in [-0.3, -0.25) is 4.79 Å². The van der Waals surface area contributed by atoms with Crippen molar-refractivity contribution in [2.24, 2.45) is 0 Å². The number of carbonyl (C=O) groups excluding carboxylic acids is 1. The molecule has 0 aliphatic rings. The Morgan fingerprint density at radius 3 is 1.23 bits per heavy atom. The van der Waals surface area contributed by atoms with Crippen LogP contribution in [0.1, 0.15) is 15.9 Å². The molecule has 0 saturated carbocycles. The van der Waals surface area contributed by atoms with Crippen molar-refractivity contribution in [1.29, 1.82) is 0 Å². The Bertz CT molecular complexity index is 2360. The van der Waals surface area contributed by atoms with Crippen molar-refractivity contribution in [3.8, 4) is 34.3 Å². The van der Waals surface area contributed by atoms with Gasteiger partial charge in [0.05, 0.1) is 25.3 Å². The van der Waals surface area contributed by atoms with Gasteiger partial charge in [-0.1, -0.05) is 72.8 Å². The van der Waals surface area contributed by atoms with Crippen LogP contribution in [0.15, 0.2) is 146 Å². The highest BCUT2D eigenvalue weighted by Gasteiger charge is 2.15. The van der Waals surface area contributed by atoms with E-state index < -0.39 is 0 Å². The molecular formula is C43H32N6O3. The average molecular weight is 681 g/mol. The molecule has 0 spiro atoms. The molecule has 0 aliphatic carbocycles. The number of hydrogen-bond donors (Lipinski definition) is 2. The summed E-state index contributed by atoms with van der Waals surface area (Å²) in [6, 6.07) is 45.8. The third-order valence-corrected chi connectivity index (χ3v) is 8.72. The van der Waals surface area contributed by atoms with Gasteiger partial charge in [-0.15, -0.1) is 0 Å². The van der Waals surface area contributed by atoms with E-state index in [-0.39, 0.29) is 5.78 Å². The van der Waals surface area contributed by atoms with Crippen LogP contribution in [0.3, 0.4) is 0 Å². The fourth-order valence-corrected chi connectivity index (χ4v) is 5.93. The van der Waals surface area contributed by atoms with Crippen LogP contribution >= 0.6 is 0 Å². The molecule has 8 aromatic rings. The lowest BCUT2D eigenvalue weighted by molar-refractivity contribution is 0.103. The maximum atomic E-state index is 13.6. The summed E-state index contributed by atoms with van der Waals surface area (Å²) in [5.74, 6) is 3.92. The number of carbonyl (C=O) groups is 1. The lowest BCUT2D eigenvalue weighted by atomic mass is 10.0. The molecule has 2 heterocycles. The summed E-state index contributed by atoms with van der Waals surface area (Å²) >= 11 is 0. The van der Waals surface area contributed by atoms with E-state index in [1.807, 2.05) is 146 Å². The highest BCUT2D eigenvalue weighted by molar-refractivity contribution is 6.09. The van der Waals surface area contributed by atoms with Crippen molar-refractivity contribution >= 4 is 50.6 Å². The van der Waals surface area contributed by atoms with Crippen molar-refractivity contribution < 1.29 is 14.3 Å². The van der Waals surface area contributed by atoms with E-state index in [4.69, 9.17) is 29.4 Å². The number of rotatable bonds is 10. The molecule has 2 N–H and O–H groups in total. The van der Waals surface area contributed by atoms with Crippen molar-refractivity contribution in [2.75, 3.05) is 24.9 Å². The Morgan fingerprint density at radius 2 is 0.846 bits per heavy atom. The molecule has 9 nitrogen and oxygen atoms in total. The molecule has 0 aliphatic heterocycles. The standard InChI is InChI=1S/C43H32N6O3/c1-51-33-23-19-31(20-24-33)44-42-35-7-3-5-9-37(35)46-40(48-42)29-15-11-27(12-16-29)39(50)28-13-17-30(18-14-28)41-47-38-10-6-4-8-36(38)43(49-41)45-32-21-25-34(52-2)26-22-32/h3-26H,1-2H3,(H,44,46,48)(H,45,47,49). The first-order chi connectivity index (χ1) is 25.5. The first-order valence-electron chi connectivity index (χ1n) is 16.7. The third kappa shape index (κ3) is 6.58. The molecule has 6 aromatic carbocycles. The van der Waals surface area contributed by atoms with Crippen LogP contribution in [-0.4, -0.2) is 39.9 Å². The van der Waals surface area contributed by atoms with Gasteiger partial charge < -0.3 is 20.1 Å². The van der Waals surface area contributed by atoms with Crippen LogP contribution in [0.2, 0.25) is 0 Å². The lowest BCUT2D eigenvalue weighted by Gasteiger charge is -2.12. The number of hydrogen-bond acceptors (Lipinski definition) is 9. The largest absolute Gasteiger partial charge is 0.497 e. The fraction of sp³-hybridized carbons (Fsp3) is 0.0465. The fourth-order valence-electron chi connectivity index (χ4n) is 5.93. The summed E-state index contributed by atoms with van der Waals surface area (Å²) in [4.78, 5) is 33.0. The Morgan fingerprint density at radius 1 is 0.462 bits per heavy atom. The Balaban J connectivity index is 1.03. The molecule has 8 rings (SSSR count). The molecule has 9 heteroatoms. The molecule has 0 saturated heterocycles. The zero-order chi connectivity index (χ0) is 35.4. The normalized spacial score (nSPS) is 11.0. The maximum absolute atomic E-state index is 13.6. The zero-order valence-corrected chi connectivity index (χ0v) is 28.4. The SMILES string of the molecule is COc1ccc(Nc2nc(-c3ccc(C(=O)c4ccc(-c5nc(Nc6ccc(OC)cc6)c6ccccc6n5)cc4)cc3)nc3ccccc23)cc1. The number of nitrogens with one attached hydrogen (secondary N) is 2. The number of para-hydroxylation sites is 2. The molecule has 0 amide bonds. The molecule has 0 bridgehead atoms. The summed E-state index contributed by atoms with van der Waals surface area (Å²) in [5, 5.41) is 8.65. The molecule has 0 unspecified atom stereocenters. The molecule has 52 heavy (non-hydrogen) atoms. The second-order valence-corrected chi connectivity index (χ2v) is 12.0. The quantitative estimate of drug-likeness (QED) is 0.136. The molecular weight excluding hydrogens is 649 g/mol. The van der Waals surface area contributed by atoms with Gasteiger partial charge in [-0.05, 0) is 72.8 Å². The summed E-state index contributed by atoms with van der Waals surface area (Å²) < 4.78 is 10.6. The first kappa shape index (κ1) is 32.1. The van der Waals surface area contributed by atoms with E-state index in [0.717, 1.165) is 55.8 Å². The number of ketones is 1. The van der Waals surface area contributed by atoms with E-state index in [1.165, 1.54) is 0 Å². The molecule has 2 aromatic heterocycles. The molecule has 0 atom stereocenters. The van der Waals surface area contributed by atoms with Crippen molar-refractivity contribution in [1.82, 2.24) is 19.9 Å². The number of benzene rings is 6. The first-order valence-corrected chi connectivity index (χ1v) is 16.7. The second-order valence-electron chi connectivity index (χ2n) is 12.0. The predicted octanol–water partition coefficient (Wildman–Crippen LogP) is 9.64. The third-order valence-electron chi connectivity index (χ3n) is 8.72. The summed E-state index contributed by atoms with van der Waals surface area (Å²) in [5.41, 5.74) is 6.07. The van der Waals surface area contributed by atoms with Crippen LogP contribution in [0.25, 0.3) is 44.6 Å². The van der Waals surface area contributed by atoms with Gasteiger partial charge in [0, 0.05) is 44.4 Å². The van der Waals surface area contributed by atoms with Gasteiger partial charge in [0.25, 0.3) is 0 Å². The topological polar surface area (TPSA) is 111 Å². The van der Waals surface area contributed by atoms with E-state index in [0.29, 0.717) is 34.4 Å². The van der Waals surface area contributed by atoms with Crippen LogP contribution in [0.5, 0.6) is 11.5 Å². The highest BCUT2D eigenvalue weighted by atomic mass is 16.5. The van der Waals surface area contributed by atoms with Crippen molar-refractivity contribution in [3.63, 3.8) is 0 Å². The van der Waals surface area contributed by atoms with Gasteiger partial charge in [0.2, 0.25) is 0 Å². The van der Waals surface area contributed by atoms with Gasteiger partial charge in [-0.2, -0.15) is 0 Å². The molecule has 252 valence electrons. The van der Waals surface area contributed by atoms with Crippen LogP contribution in [0.4, 0.5) is 23.0 Å². The number of ether oxygens (including phenoxy) is 2. The Labute approximate surface area is 300 Å². The number of nitrogens with zero attached hydrogens (tertiary/aromatic N) is 4. The van der Waals surface area contributed by atoms with Crippen LogP contribution < -0.4 is 20.1 Å². The second kappa shape index (κ2) is 14.0. The minimum atomic E-state index is -0.0966. The monoisotopic (exact) mass is 680 g/mol. The maximum Gasteiger partial charge on any atom is 0.193 e. The summed E-state index contributed by atoms with van der Waals surface area (Å²) in [6.45, 7) is 0. The number of methoxy groups -OCH3 is 2. The minimum absolute atomic E-state index is 0.0966. The van der Waals surface area contributed by atoms with E-state index in [2.05, 4.69) is 10.6 Å². The smallest absolute Gasteiger partial charge is 0.193 e. The predicted molar refractivity (Wildman–Crippen MR) is 206 cm³/mol. The van der Waals surface area contributed by atoms with Gasteiger partial charge >= 0.3 is 0 Å². The molecule has 0 fully saturated rings. The van der Waals surface area contributed by atoms with Gasteiger partial charge in [0.15, 0.2) is 17.4 Å². The highest BCUT2D eigenvalue weighted by Crippen LogP contribution is 2.30. The Hall–Kier alpha value is -7.13. The number of fused-ring (bicyclic) bond motifs is 2. The van der Waals surface area contributed by atoms with Gasteiger partial charge in [0.1, 0.15) is 23.1 Å². The van der Waals surface area contributed by atoms with Crippen LogP contribution in [0, 0.1) is 0 Å². The molecule has 0 radical (unpaired) electrons. The van der Waals surface area contributed by atoms with E-state index in [1.54, 1.807) is 14.2 Å².